The number of amides is 1. The standard InChI is InChI=1S/C17H24N6O/c1-12-10-15(21-20-13(12)2)19-17(24)14-4-7-23(8-5-14)11-16-18-6-9-22(16)3/h6,9-10,14H,4-5,7-8,11H2,1-3H3,(H,19,21,24). The van der Waals surface area contributed by atoms with E-state index >= 15 is 0 Å². The van der Waals surface area contributed by atoms with E-state index in [0.717, 1.165) is 49.6 Å². The molecule has 1 amide bonds. The molecule has 7 nitrogen and oxygen atoms in total. The van der Waals surface area contributed by atoms with E-state index in [1.54, 1.807) is 0 Å². The summed E-state index contributed by atoms with van der Waals surface area (Å²) in [6.07, 6.45) is 5.49. The molecule has 1 aliphatic rings. The zero-order valence-corrected chi connectivity index (χ0v) is 14.5. The zero-order valence-electron chi connectivity index (χ0n) is 14.5. The number of anilines is 1. The van der Waals surface area contributed by atoms with Crippen molar-refractivity contribution in [1.29, 1.82) is 0 Å². The first-order valence-corrected chi connectivity index (χ1v) is 8.33. The van der Waals surface area contributed by atoms with Crippen LogP contribution < -0.4 is 5.32 Å². The number of piperidine rings is 1. The maximum absolute atomic E-state index is 12.4. The van der Waals surface area contributed by atoms with Crippen molar-refractivity contribution in [3.8, 4) is 0 Å². The highest BCUT2D eigenvalue weighted by Gasteiger charge is 2.25. The first kappa shape index (κ1) is 16.6. The lowest BCUT2D eigenvalue weighted by Gasteiger charge is -2.30. The van der Waals surface area contributed by atoms with Crippen molar-refractivity contribution in [1.82, 2.24) is 24.6 Å². The van der Waals surface area contributed by atoms with Gasteiger partial charge in [-0.25, -0.2) is 4.98 Å². The Labute approximate surface area is 142 Å². The summed E-state index contributed by atoms with van der Waals surface area (Å²) in [5, 5.41) is 11.0. The fourth-order valence-electron chi connectivity index (χ4n) is 2.94. The van der Waals surface area contributed by atoms with Gasteiger partial charge in [-0.1, -0.05) is 0 Å². The molecule has 7 heteroatoms. The van der Waals surface area contributed by atoms with Crippen LogP contribution in [0.2, 0.25) is 0 Å². The van der Waals surface area contributed by atoms with Gasteiger partial charge < -0.3 is 9.88 Å². The lowest BCUT2D eigenvalue weighted by Crippen LogP contribution is -2.38. The number of carbonyl (C=O) groups excluding carboxylic acids is 1. The van der Waals surface area contributed by atoms with Crippen LogP contribution in [0.4, 0.5) is 5.82 Å². The first-order chi connectivity index (χ1) is 11.5. The highest BCUT2D eigenvalue weighted by Crippen LogP contribution is 2.20. The van der Waals surface area contributed by atoms with E-state index in [2.05, 4.69) is 25.4 Å². The summed E-state index contributed by atoms with van der Waals surface area (Å²) < 4.78 is 2.04. The van der Waals surface area contributed by atoms with Gasteiger partial charge in [0, 0.05) is 25.4 Å². The lowest BCUT2D eigenvalue weighted by molar-refractivity contribution is -0.121. The average molecular weight is 328 g/mol. The molecule has 0 bridgehead atoms. The predicted molar refractivity (Wildman–Crippen MR) is 91.3 cm³/mol. The third-order valence-corrected chi connectivity index (χ3v) is 4.73. The van der Waals surface area contributed by atoms with E-state index in [1.807, 2.05) is 43.9 Å². The van der Waals surface area contributed by atoms with Gasteiger partial charge in [-0.05, 0) is 51.4 Å². The van der Waals surface area contributed by atoms with Gasteiger partial charge in [-0.15, -0.1) is 5.10 Å². The largest absolute Gasteiger partial charge is 0.337 e. The second kappa shape index (κ2) is 7.09. The summed E-state index contributed by atoms with van der Waals surface area (Å²) in [4.78, 5) is 19.1. The minimum absolute atomic E-state index is 0.0334. The van der Waals surface area contributed by atoms with Crippen molar-refractivity contribution < 1.29 is 4.79 Å². The van der Waals surface area contributed by atoms with Crippen molar-refractivity contribution in [2.75, 3.05) is 18.4 Å². The number of nitrogens with zero attached hydrogens (tertiary/aromatic N) is 5. The molecule has 3 rings (SSSR count). The molecule has 1 N–H and O–H groups in total. The quantitative estimate of drug-likeness (QED) is 0.924. The molecule has 0 spiro atoms. The average Bonchev–Trinajstić information content (AvgIpc) is 2.97. The van der Waals surface area contributed by atoms with Gasteiger partial charge in [0.05, 0.1) is 12.2 Å². The number of hydrogen-bond donors (Lipinski definition) is 1. The normalized spacial score (nSPS) is 16.3. The van der Waals surface area contributed by atoms with Gasteiger partial charge >= 0.3 is 0 Å². The van der Waals surface area contributed by atoms with Gasteiger partial charge in [0.25, 0.3) is 0 Å². The van der Waals surface area contributed by atoms with Crippen LogP contribution in [0.1, 0.15) is 29.9 Å². The number of imidazole rings is 1. The molecule has 1 fully saturated rings. The van der Waals surface area contributed by atoms with Crippen molar-refractivity contribution in [3.63, 3.8) is 0 Å². The van der Waals surface area contributed by atoms with Crippen LogP contribution >= 0.6 is 0 Å². The van der Waals surface area contributed by atoms with Crippen LogP contribution in [0.15, 0.2) is 18.5 Å². The third kappa shape index (κ3) is 3.79. The van der Waals surface area contributed by atoms with Crippen molar-refractivity contribution in [2.45, 2.75) is 33.2 Å². The summed E-state index contributed by atoms with van der Waals surface area (Å²) in [5.41, 5.74) is 1.92. The molecular weight excluding hydrogens is 304 g/mol. The molecule has 3 heterocycles. The maximum atomic E-state index is 12.4. The predicted octanol–water partition coefficient (Wildman–Crippen LogP) is 1.68. The lowest BCUT2D eigenvalue weighted by atomic mass is 9.96. The molecule has 0 atom stereocenters. The minimum Gasteiger partial charge on any atom is -0.337 e. The Bertz CT molecular complexity index is 718. The molecule has 0 aromatic carbocycles. The molecule has 0 radical (unpaired) electrons. The van der Waals surface area contributed by atoms with Crippen LogP contribution in [0.25, 0.3) is 0 Å². The summed E-state index contributed by atoms with van der Waals surface area (Å²) in [7, 11) is 2.01. The van der Waals surface area contributed by atoms with E-state index < -0.39 is 0 Å². The Morgan fingerprint density at radius 2 is 2.04 bits per heavy atom. The summed E-state index contributed by atoms with van der Waals surface area (Å²) in [5.74, 6) is 1.68. The van der Waals surface area contributed by atoms with E-state index in [1.165, 1.54) is 0 Å². The summed E-state index contributed by atoms with van der Waals surface area (Å²) in [6, 6.07) is 1.87. The Hall–Kier alpha value is -2.28. The molecule has 1 saturated heterocycles. The molecule has 128 valence electrons. The molecule has 0 unspecified atom stereocenters. The number of rotatable bonds is 4. The van der Waals surface area contributed by atoms with Crippen LogP contribution in [0.5, 0.6) is 0 Å². The second-order valence-electron chi connectivity index (χ2n) is 6.49. The van der Waals surface area contributed by atoms with Crippen LogP contribution in [0, 0.1) is 19.8 Å². The third-order valence-electron chi connectivity index (χ3n) is 4.73. The van der Waals surface area contributed by atoms with Crippen molar-refractivity contribution in [2.24, 2.45) is 13.0 Å². The zero-order chi connectivity index (χ0) is 17.1. The number of nitrogens with one attached hydrogen (secondary N) is 1. The topological polar surface area (TPSA) is 75.9 Å². The number of aromatic nitrogens is 4. The van der Waals surface area contributed by atoms with Gasteiger partial charge in [-0.3, -0.25) is 9.69 Å². The maximum Gasteiger partial charge on any atom is 0.228 e. The molecule has 2 aromatic heterocycles. The van der Waals surface area contributed by atoms with Crippen molar-refractivity contribution in [3.05, 3.63) is 35.5 Å². The molecule has 24 heavy (non-hydrogen) atoms. The Morgan fingerprint density at radius 1 is 1.29 bits per heavy atom. The number of carbonyl (C=O) groups is 1. The fraction of sp³-hybridized carbons (Fsp3) is 0.529. The fourth-order valence-corrected chi connectivity index (χ4v) is 2.94. The van der Waals surface area contributed by atoms with Gasteiger partial charge in [0.1, 0.15) is 5.82 Å². The van der Waals surface area contributed by atoms with Crippen LogP contribution in [0.3, 0.4) is 0 Å². The Balaban J connectivity index is 1.51. The highest BCUT2D eigenvalue weighted by molar-refractivity contribution is 5.91. The van der Waals surface area contributed by atoms with E-state index in [9.17, 15) is 4.79 Å². The number of aryl methyl sites for hydroxylation is 3. The monoisotopic (exact) mass is 328 g/mol. The molecular formula is C17H24N6O. The van der Waals surface area contributed by atoms with E-state index in [-0.39, 0.29) is 11.8 Å². The molecule has 0 saturated carbocycles. The molecule has 0 aliphatic carbocycles. The Morgan fingerprint density at radius 3 is 2.67 bits per heavy atom. The summed E-state index contributed by atoms with van der Waals surface area (Å²) in [6.45, 7) is 6.52. The first-order valence-electron chi connectivity index (χ1n) is 8.33. The summed E-state index contributed by atoms with van der Waals surface area (Å²) >= 11 is 0. The Kier molecular flexibility index (Phi) is 4.89. The molecule has 1 aliphatic heterocycles. The second-order valence-corrected chi connectivity index (χ2v) is 6.49. The van der Waals surface area contributed by atoms with Gasteiger partial charge in [-0.2, -0.15) is 5.10 Å². The SMILES string of the molecule is Cc1cc(NC(=O)C2CCN(Cc3nccn3C)CC2)nnc1C. The van der Waals surface area contributed by atoms with Crippen LogP contribution in [-0.2, 0) is 18.4 Å². The van der Waals surface area contributed by atoms with E-state index in [4.69, 9.17) is 0 Å². The number of hydrogen-bond acceptors (Lipinski definition) is 5. The molecule has 2 aromatic rings. The smallest absolute Gasteiger partial charge is 0.228 e. The van der Waals surface area contributed by atoms with Crippen molar-refractivity contribution >= 4 is 11.7 Å². The van der Waals surface area contributed by atoms with Gasteiger partial charge in [0.2, 0.25) is 5.91 Å². The van der Waals surface area contributed by atoms with Crippen LogP contribution in [-0.4, -0.2) is 43.6 Å². The van der Waals surface area contributed by atoms with Gasteiger partial charge in [0.15, 0.2) is 5.82 Å². The minimum atomic E-state index is 0.0334. The van der Waals surface area contributed by atoms with E-state index in [0.29, 0.717) is 5.82 Å². The number of likely N-dealkylation sites (tertiary alicyclic amines) is 1. The highest BCUT2D eigenvalue weighted by atomic mass is 16.2.